The van der Waals surface area contributed by atoms with E-state index in [0.29, 0.717) is 4.47 Å². The molecule has 1 rings (SSSR count). The van der Waals surface area contributed by atoms with Crippen LogP contribution in [0.3, 0.4) is 0 Å². The zero-order chi connectivity index (χ0) is 11.4. The van der Waals surface area contributed by atoms with Crippen molar-refractivity contribution in [3.8, 4) is 5.75 Å². The Bertz CT molecular complexity index is 363. The molecule has 15 heavy (non-hydrogen) atoms. The van der Waals surface area contributed by atoms with E-state index in [0.717, 1.165) is 12.0 Å². The molecule has 2 N–H and O–H groups in total. The highest BCUT2D eigenvalue weighted by Gasteiger charge is 2.14. The van der Waals surface area contributed by atoms with Crippen LogP contribution in [0.15, 0.2) is 22.7 Å². The van der Waals surface area contributed by atoms with E-state index in [1.807, 2.05) is 6.92 Å². The van der Waals surface area contributed by atoms with E-state index in [9.17, 15) is 9.90 Å². The van der Waals surface area contributed by atoms with Gasteiger partial charge in [-0.25, -0.2) is 0 Å². The number of benzene rings is 1. The van der Waals surface area contributed by atoms with Crippen LogP contribution in [0.2, 0.25) is 0 Å². The summed E-state index contributed by atoms with van der Waals surface area (Å²) in [6.07, 6.45) is 0.886. The molecule has 0 aromatic heterocycles. The topological polar surface area (TPSA) is 57.5 Å². The molecular formula is C11H13BrO3. The van der Waals surface area contributed by atoms with Gasteiger partial charge in [-0.05, 0) is 46.0 Å². The largest absolute Gasteiger partial charge is 0.507 e. The number of hydrogen-bond donors (Lipinski definition) is 2. The van der Waals surface area contributed by atoms with Crippen LogP contribution < -0.4 is 0 Å². The van der Waals surface area contributed by atoms with Gasteiger partial charge in [0.2, 0.25) is 0 Å². The number of aromatic hydroxyl groups is 1. The molecule has 0 aliphatic carbocycles. The lowest BCUT2D eigenvalue weighted by Gasteiger charge is -2.13. The van der Waals surface area contributed by atoms with Crippen molar-refractivity contribution in [2.24, 2.45) is 0 Å². The first kappa shape index (κ1) is 12.0. The third-order valence-electron chi connectivity index (χ3n) is 2.36. The summed E-state index contributed by atoms with van der Waals surface area (Å²) in [5, 5.41) is 18.1. The summed E-state index contributed by atoms with van der Waals surface area (Å²) in [4.78, 5) is 10.6. The molecule has 0 spiro atoms. The fraction of sp³-hybridized carbons (Fsp3) is 0.364. The monoisotopic (exact) mass is 272 g/mol. The lowest BCUT2D eigenvalue weighted by atomic mass is 9.93. The lowest BCUT2D eigenvalue weighted by Crippen LogP contribution is -2.05. The quantitative estimate of drug-likeness (QED) is 0.886. The molecule has 1 unspecified atom stereocenters. The summed E-state index contributed by atoms with van der Waals surface area (Å²) in [5.74, 6) is -0.630. The molecule has 1 aromatic carbocycles. The Morgan fingerprint density at radius 3 is 2.67 bits per heavy atom. The number of phenols is 1. The molecule has 1 aromatic rings. The van der Waals surface area contributed by atoms with Gasteiger partial charge in [-0.1, -0.05) is 13.0 Å². The van der Waals surface area contributed by atoms with E-state index in [1.54, 1.807) is 18.2 Å². The number of halogens is 1. The van der Waals surface area contributed by atoms with E-state index >= 15 is 0 Å². The molecule has 4 heteroatoms. The third-order valence-corrected chi connectivity index (χ3v) is 2.99. The fourth-order valence-corrected chi connectivity index (χ4v) is 1.88. The van der Waals surface area contributed by atoms with Crippen molar-refractivity contribution in [3.05, 3.63) is 28.2 Å². The summed E-state index contributed by atoms with van der Waals surface area (Å²) in [6.45, 7) is 1.95. The molecule has 3 nitrogen and oxygen atoms in total. The van der Waals surface area contributed by atoms with Gasteiger partial charge in [-0.3, -0.25) is 4.79 Å². The number of carbonyl (C=O) groups is 1. The Kier molecular flexibility index (Phi) is 4.15. The van der Waals surface area contributed by atoms with Crippen LogP contribution in [-0.2, 0) is 4.79 Å². The number of carboxylic acid groups (broad SMARTS) is 1. The lowest BCUT2D eigenvalue weighted by molar-refractivity contribution is -0.137. The van der Waals surface area contributed by atoms with Gasteiger partial charge in [-0.2, -0.15) is 0 Å². The molecule has 0 aliphatic heterocycles. The smallest absolute Gasteiger partial charge is 0.303 e. The molecule has 0 saturated carbocycles. The highest BCUT2D eigenvalue weighted by Crippen LogP contribution is 2.30. The molecule has 0 bridgehead atoms. The second-order valence-corrected chi connectivity index (χ2v) is 4.27. The first-order valence-electron chi connectivity index (χ1n) is 4.74. The second-order valence-electron chi connectivity index (χ2n) is 3.41. The third kappa shape index (κ3) is 3.23. The highest BCUT2D eigenvalue weighted by atomic mass is 79.9. The van der Waals surface area contributed by atoms with Gasteiger partial charge in [-0.15, -0.1) is 0 Å². The Labute approximate surface area is 96.9 Å². The van der Waals surface area contributed by atoms with Crippen molar-refractivity contribution >= 4 is 21.9 Å². The van der Waals surface area contributed by atoms with E-state index in [2.05, 4.69) is 15.9 Å². The summed E-state index contributed by atoms with van der Waals surface area (Å²) < 4.78 is 0.601. The minimum absolute atomic E-state index is 0.000556. The normalized spacial score (nSPS) is 12.4. The van der Waals surface area contributed by atoms with Gasteiger partial charge >= 0.3 is 5.97 Å². The van der Waals surface area contributed by atoms with E-state index < -0.39 is 5.97 Å². The molecular weight excluding hydrogens is 260 g/mol. The van der Waals surface area contributed by atoms with Crippen molar-refractivity contribution in [3.63, 3.8) is 0 Å². The number of carboxylic acids is 1. The van der Waals surface area contributed by atoms with Crippen LogP contribution in [0.5, 0.6) is 5.75 Å². The Morgan fingerprint density at radius 1 is 1.53 bits per heavy atom. The van der Waals surface area contributed by atoms with Gasteiger partial charge in [0.1, 0.15) is 5.75 Å². The van der Waals surface area contributed by atoms with Gasteiger partial charge in [0.15, 0.2) is 0 Å². The molecule has 0 amide bonds. The van der Waals surface area contributed by atoms with E-state index in [-0.39, 0.29) is 18.1 Å². The molecule has 0 heterocycles. The first-order chi connectivity index (χ1) is 7.04. The average Bonchev–Trinajstić information content (AvgIpc) is 2.18. The predicted molar refractivity (Wildman–Crippen MR) is 61.1 cm³/mol. The first-order valence-corrected chi connectivity index (χ1v) is 5.54. The molecule has 0 saturated heterocycles. The maximum atomic E-state index is 10.6. The van der Waals surface area contributed by atoms with Crippen molar-refractivity contribution in [1.82, 2.24) is 0 Å². The Balaban J connectivity index is 2.92. The maximum absolute atomic E-state index is 10.6. The summed E-state index contributed by atoms with van der Waals surface area (Å²) in [6, 6.07) is 5.10. The van der Waals surface area contributed by atoms with Crippen LogP contribution in [0.4, 0.5) is 0 Å². The van der Waals surface area contributed by atoms with Gasteiger partial charge < -0.3 is 10.2 Å². The van der Waals surface area contributed by atoms with Gasteiger partial charge in [0.05, 0.1) is 10.9 Å². The minimum Gasteiger partial charge on any atom is -0.507 e. The van der Waals surface area contributed by atoms with Crippen LogP contribution >= 0.6 is 15.9 Å². The highest BCUT2D eigenvalue weighted by molar-refractivity contribution is 9.10. The van der Waals surface area contributed by atoms with E-state index in [4.69, 9.17) is 5.11 Å². The maximum Gasteiger partial charge on any atom is 0.303 e. The fourth-order valence-electron chi connectivity index (χ4n) is 1.49. The number of rotatable bonds is 4. The SMILES string of the molecule is CCC(CC(=O)O)c1ccc(O)c(Br)c1. The molecule has 0 aliphatic rings. The van der Waals surface area contributed by atoms with Crippen molar-refractivity contribution in [1.29, 1.82) is 0 Å². The van der Waals surface area contributed by atoms with Crippen LogP contribution in [0, 0.1) is 0 Å². The van der Waals surface area contributed by atoms with Crippen LogP contribution in [0.25, 0.3) is 0 Å². The van der Waals surface area contributed by atoms with E-state index in [1.165, 1.54) is 0 Å². The van der Waals surface area contributed by atoms with Crippen molar-refractivity contribution in [2.75, 3.05) is 0 Å². The molecule has 1 atom stereocenters. The number of aliphatic carboxylic acids is 1. The molecule has 0 fully saturated rings. The number of hydrogen-bond acceptors (Lipinski definition) is 2. The Hall–Kier alpha value is -1.03. The number of phenolic OH excluding ortho intramolecular Hbond substituents is 1. The summed E-state index contributed by atoms with van der Waals surface area (Å²) >= 11 is 3.21. The Morgan fingerprint density at radius 2 is 2.20 bits per heavy atom. The van der Waals surface area contributed by atoms with Crippen LogP contribution in [0.1, 0.15) is 31.2 Å². The van der Waals surface area contributed by atoms with Gasteiger partial charge in [0.25, 0.3) is 0 Å². The predicted octanol–water partition coefficient (Wildman–Crippen LogP) is 3.12. The zero-order valence-corrected chi connectivity index (χ0v) is 9.99. The zero-order valence-electron chi connectivity index (χ0n) is 8.40. The average molecular weight is 273 g/mol. The second kappa shape index (κ2) is 5.16. The van der Waals surface area contributed by atoms with Gasteiger partial charge in [0, 0.05) is 0 Å². The standard InChI is InChI=1S/C11H13BrO3/c1-2-7(6-11(14)15)8-3-4-10(13)9(12)5-8/h3-5,7,13H,2,6H2,1H3,(H,14,15). The van der Waals surface area contributed by atoms with Crippen molar-refractivity contribution < 1.29 is 15.0 Å². The molecule has 0 radical (unpaired) electrons. The minimum atomic E-state index is -0.800. The summed E-state index contributed by atoms with van der Waals surface area (Å²) in [7, 11) is 0. The molecule has 82 valence electrons. The summed E-state index contributed by atoms with van der Waals surface area (Å²) in [5.41, 5.74) is 0.935. The van der Waals surface area contributed by atoms with Crippen molar-refractivity contribution in [2.45, 2.75) is 25.7 Å². The van der Waals surface area contributed by atoms with Crippen LogP contribution in [-0.4, -0.2) is 16.2 Å².